The highest BCUT2D eigenvalue weighted by atomic mass is 35.5. The van der Waals surface area contributed by atoms with E-state index in [4.69, 9.17) is 11.6 Å². The maximum atomic E-state index is 15.1. The number of halogens is 11. The molecule has 2 aromatic carbocycles. The minimum absolute atomic E-state index is 0.111. The summed E-state index contributed by atoms with van der Waals surface area (Å²) in [4.78, 5) is 31.3. The van der Waals surface area contributed by atoms with Crippen LogP contribution in [-0.4, -0.2) is 68.2 Å². The Bertz CT molecular complexity index is 2780. The lowest BCUT2D eigenvalue weighted by Gasteiger charge is -2.23. The molecule has 2 amide bonds. The number of hydrogen-bond acceptors (Lipinski definition) is 7. The van der Waals surface area contributed by atoms with Crippen LogP contribution < -0.4 is 9.62 Å². The topological polar surface area (TPSA) is 132 Å². The molecule has 3 unspecified atom stereocenters. The van der Waals surface area contributed by atoms with Gasteiger partial charge in [0.05, 0.1) is 27.7 Å². The van der Waals surface area contributed by atoms with Crippen LogP contribution >= 0.6 is 11.6 Å². The largest absolute Gasteiger partial charge is 0.435 e. The number of rotatable bonds is 11. The van der Waals surface area contributed by atoms with Gasteiger partial charge in [0.15, 0.2) is 11.5 Å². The minimum Gasteiger partial charge on any atom is -0.346 e. The second-order valence-corrected chi connectivity index (χ2v) is 18.7. The summed E-state index contributed by atoms with van der Waals surface area (Å²) in [6.45, 7) is 1.04. The zero-order valence-corrected chi connectivity index (χ0v) is 36.3. The molecule has 6 rings (SSSR count). The van der Waals surface area contributed by atoms with Crippen molar-refractivity contribution >= 4 is 61.9 Å². The van der Waals surface area contributed by atoms with Gasteiger partial charge in [0.25, 0.3) is 5.92 Å². The van der Waals surface area contributed by atoms with Crippen molar-refractivity contribution in [2.45, 2.75) is 82.2 Å². The molecule has 1 N–H and O–H groups in total. The van der Waals surface area contributed by atoms with Crippen molar-refractivity contribution in [3.8, 4) is 23.0 Å². The van der Waals surface area contributed by atoms with Crippen molar-refractivity contribution < 1.29 is 61.9 Å². The molecule has 0 spiro atoms. The van der Waals surface area contributed by atoms with E-state index in [-0.39, 0.29) is 43.2 Å². The molecule has 64 heavy (non-hydrogen) atoms. The van der Waals surface area contributed by atoms with E-state index in [1.54, 1.807) is 13.8 Å². The van der Waals surface area contributed by atoms with Crippen molar-refractivity contribution in [3.63, 3.8) is 0 Å². The van der Waals surface area contributed by atoms with Gasteiger partial charge in [-0.25, -0.2) is 22.3 Å². The lowest BCUT2D eigenvalue weighted by Crippen LogP contribution is -2.35. The molecule has 0 bridgehead atoms. The van der Waals surface area contributed by atoms with Gasteiger partial charge >= 0.3 is 12.4 Å². The first-order chi connectivity index (χ1) is 29.6. The van der Waals surface area contributed by atoms with E-state index in [0.29, 0.717) is 15.1 Å². The Kier molecular flexibility index (Phi) is 13.2. The van der Waals surface area contributed by atoms with E-state index < -0.39 is 135 Å². The van der Waals surface area contributed by atoms with Crippen LogP contribution in [0.1, 0.15) is 67.1 Å². The van der Waals surface area contributed by atoms with Crippen molar-refractivity contribution in [1.82, 2.24) is 29.9 Å². The lowest BCUT2D eigenvalue weighted by atomic mass is 9.93. The number of hydrogen-bond donors (Lipinski definition) is 1. The molecule has 0 radical (unpaired) electrons. The Morgan fingerprint density at radius 2 is 1.61 bits per heavy atom. The van der Waals surface area contributed by atoms with Crippen molar-refractivity contribution in [2.24, 2.45) is 0 Å². The summed E-state index contributed by atoms with van der Waals surface area (Å²) in [5.41, 5.74) is -4.86. The molecule has 11 nitrogen and oxygen atoms in total. The number of carbonyl (C=O) groups is 2. The summed E-state index contributed by atoms with van der Waals surface area (Å²) in [7, 11) is -3.73. The lowest BCUT2D eigenvalue weighted by molar-refractivity contribution is -0.143. The Morgan fingerprint density at radius 1 is 0.969 bits per heavy atom. The monoisotopic (exact) mass is 965 g/mol. The van der Waals surface area contributed by atoms with Crippen molar-refractivity contribution in [1.29, 1.82) is 0 Å². The van der Waals surface area contributed by atoms with Crippen LogP contribution in [0.15, 0.2) is 42.5 Å². The van der Waals surface area contributed by atoms with E-state index >= 15 is 8.78 Å². The van der Waals surface area contributed by atoms with E-state index in [0.717, 1.165) is 25.3 Å². The van der Waals surface area contributed by atoms with Gasteiger partial charge in [-0.15, -0.1) is 0 Å². The Morgan fingerprint density at radius 3 is 2.19 bits per heavy atom. The predicted octanol–water partition coefficient (Wildman–Crippen LogP) is 8.10. The SMILES string of the molecule is CC(=O)N(c1nn(CC(F)(F)F)c2c(-c3ccc(C#CC(C)(C)S(C)=O)nc3C(Cc3cc(F)cc(F)c3)NC(=O)Cn3nc(C(F)(F)F)c4c3C(F)(F)CC4)ccc(Cl)c12)S(C)=O. The number of alkyl halides is 8. The van der Waals surface area contributed by atoms with Gasteiger partial charge in [-0.05, 0) is 68.5 Å². The van der Waals surface area contributed by atoms with Gasteiger partial charge in [0, 0.05) is 59.4 Å². The fourth-order valence-corrected chi connectivity index (χ4v) is 8.29. The average molecular weight is 966 g/mol. The molecular weight excluding hydrogens is 932 g/mol. The summed E-state index contributed by atoms with van der Waals surface area (Å²) in [6.07, 6.45) is -9.99. The standard InChI is InChI=1S/C40H34ClF10N7O4S2/c1-20(59)58(64(5)62)36-31-28(41)9-8-26(33(31)57(55-36)19-39(46,47)48)25-7-6-24(10-12-37(2,3)63(4)61)52-32(25)29(16-21-14-22(42)17-23(43)15-21)53-30(60)18-56-35-27(11-13-38(35,44)45)34(54-56)40(49,50)51/h6-9,14-15,17,29H,11,13,16,18-19H2,1-5H3,(H,53,60). The summed E-state index contributed by atoms with van der Waals surface area (Å²) in [6, 6.07) is 5.65. The molecule has 1 aliphatic carbocycles. The van der Waals surface area contributed by atoms with Gasteiger partial charge in [0.2, 0.25) is 11.8 Å². The van der Waals surface area contributed by atoms with Crippen LogP contribution in [0.3, 0.4) is 0 Å². The van der Waals surface area contributed by atoms with Gasteiger partial charge in [0.1, 0.15) is 51.8 Å². The molecular formula is C40H34ClF10N7O4S2. The number of pyridine rings is 1. The first-order valence-electron chi connectivity index (χ1n) is 18.7. The molecule has 5 aromatic rings. The summed E-state index contributed by atoms with van der Waals surface area (Å²) >= 11 is 6.58. The van der Waals surface area contributed by atoms with E-state index in [9.17, 15) is 53.1 Å². The fraction of sp³-hybridized carbons (Fsp3) is 0.375. The van der Waals surface area contributed by atoms with Crippen LogP contribution in [0, 0.1) is 23.5 Å². The highest BCUT2D eigenvalue weighted by Crippen LogP contribution is 2.47. The maximum Gasteiger partial charge on any atom is 0.435 e. The van der Waals surface area contributed by atoms with Crippen LogP contribution in [0.2, 0.25) is 5.02 Å². The number of fused-ring (bicyclic) bond motifs is 2. The Balaban J connectivity index is 1.63. The number of nitrogens with one attached hydrogen (secondary N) is 1. The second-order valence-electron chi connectivity index (χ2n) is 15.1. The molecule has 0 aliphatic heterocycles. The molecule has 0 saturated carbocycles. The molecule has 3 heterocycles. The highest BCUT2D eigenvalue weighted by molar-refractivity contribution is 7.86. The maximum absolute atomic E-state index is 15.1. The number of benzene rings is 2. The van der Waals surface area contributed by atoms with Crippen LogP contribution in [0.4, 0.5) is 49.7 Å². The summed E-state index contributed by atoms with van der Waals surface area (Å²) in [5, 5.41) is 9.26. The van der Waals surface area contributed by atoms with Gasteiger partial charge in [-0.1, -0.05) is 23.6 Å². The zero-order valence-electron chi connectivity index (χ0n) is 33.9. The van der Waals surface area contributed by atoms with E-state index in [1.807, 2.05) is 0 Å². The van der Waals surface area contributed by atoms with Crippen molar-refractivity contribution in [3.05, 3.63) is 93.0 Å². The molecule has 1 aliphatic rings. The molecule has 3 aromatic heterocycles. The Labute approximate surface area is 367 Å². The molecule has 342 valence electrons. The highest BCUT2D eigenvalue weighted by Gasteiger charge is 2.50. The third kappa shape index (κ3) is 10.1. The number of aromatic nitrogens is 5. The molecule has 24 heteroatoms. The van der Waals surface area contributed by atoms with Crippen LogP contribution in [0.5, 0.6) is 0 Å². The second kappa shape index (κ2) is 17.6. The molecule has 0 fully saturated rings. The Hall–Kier alpha value is -5.34. The number of nitrogens with zero attached hydrogens (tertiary/aromatic N) is 6. The first-order valence-corrected chi connectivity index (χ1v) is 22.1. The van der Waals surface area contributed by atoms with Crippen LogP contribution in [0.25, 0.3) is 22.0 Å². The van der Waals surface area contributed by atoms with Crippen molar-refractivity contribution in [2.75, 3.05) is 16.8 Å². The third-order valence-electron chi connectivity index (χ3n) is 9.99. The summed E-state index contributed by atoms with van der Waals surface area (Å²) in [5.74, 6) is -3.12. The minimum atomic E-state index is -5.18. The van der Waals surface area contributed by atoms with Gasteiger partial charge in [-0.3, -0.25) is 23.2 Å². The smallest absolute Gasteiger partial charge is 0.346 e. The number of amides is 2. The van der Waals surface area contributed by atoms with E-state index in [2.05, 4.69) is 32.3 Å². The van der Waals surface area contributed by atoms with Gasteiger partial charge in [-0.2, -0.15) is 45.3 Å². The predicted molar refractivity (Wildman–Crippen MR) is 217 cm³/mol. The number of anilines is 1. The number of carbonyl (C=O) groups excluding carboxylic acids is 2. The summed E-state index contributed by atoms with van der Waals surface area (Å²) < 4.78 is 169. The zero-order chi connectivity index (χ0) is 47.4. The quantitative estimate of drug-likeness (QED) is 0.105. The first kappa shape index (κ1) is 48.1. The molecule has 0 saturated heterocycles. The normalized spacial score (nSPS) is 15.3. The molecule has 3 atom stereocenters. The van der Waals surface area contributed by atoms with E-state index in [1.165, 1.54) is 30.5 Å². The third-order valence-corrected chi connectivity index (χ3v) is 12.8. The average Bonchev–Trinajstić information content (AvgIpc) is 3.81. The van der Waals surface area contributed by atoms with Gasteiger partial charge < -0.3 is 5.32 Å². The fourth-order valence-electron chi connectivity index (χ4n) is 7.13. The van der Waals surface area contributed by atoms with Crippen LogP contribution in [-0.2, 0) is 69.4 Å².